The van der Waals surface area contributed by atoms with Gasteiger partial charge in [0.2, 0.25) is 5.91 Å². The highest BCUT2D eigenvalue weighted by Crippen LogP contribution is 2.15. The molecule has 1 aromatic carbocycles. The molecule has 1 aliphatic rings. The highest BCUT2D eigenvalue weighted by Gasteiger charge is 2.24. The topological polar surface area (TPSA) is 84.5 Å². The maximum atomic E-state index is 11.8. The fourth-order valence-corrected chi connectivity index (χ4v) is 3.97. The molecule has 0 aromatic heterocycles. The minimum absolute atomic E-state index is 0.103. The summed E-state index contributed by atoms with van der Waals surface area (Å²) in [4.78, 5) is 11.8. The summed E-state index contributed by atoms with van der Waals surface area (Å²) in [7, 11) is -1.38. The zero-order valence-electron chi connectivity index (χ0n) is 12.0. The monoisotopic (exact) mass is 312 g/mol. The van der Waals surface area contributed by atoms with E-state index >= 15 is 0 Å². The molecule has 21 heavy (non-hydrogen) atoms. The third kappa shape index (κ3) is 5.02. The predicted molar refractivity (Wildman–Crippen MR) is 81.3 cm³/mol. The molecule has 2 N–H and O–H groups in total. The summed E-state index contributed by atoms with van der Waals surface area (Å²) in [5.74, 6) is 0.896. The van der Waals surface area contributed by atoms with E-state index in [1.54, 1.807) is 31.4 Å². The Labute approximate surface area is 124 Å². The molecule has 1 aromatic rings. The van der Waals surface area contributed by atoms with Crippen molar-refractivity contribution in [1.82, 2.24) is 5.32 Å². The van der Waals surface area contributed by atoms with Crippen LogP contribution in [-0.4, -0.2) is 45.5 Å². The third-order valence-corrected chi connectivity index (χ3v) is 5.21. The molecule has 2 rings (SSSR count). The standard InChI is InChI=1S/C14H20N2O4S/c1-20-13-6-4-11(5-7-13)16-14(17)9-15-12-3-2-8-21(18,19)10-12/h4-7,12,15H,2-3,8-10H2,1H3,(H,16,17). The molecule has 6 nitrogen and oxygen atoms in total. The Morgan fingerprint density at radius 3 is 2.67 bits per heavy atom. The molecule has 116 valence electrons. The highest BCUT2D eigenvalue weighted by molar-refractivity contribution is 7.91. The highest BCUT2D eigenvalue weighted by atomic mass is 32.2. The lowest BCUT2D eigenvalue weighted by atomic mass is 10.2. The van der Waals surface area contributed by atoms with Gasteiger partial charge in [0.1, 0.15) is 5.75 Å². The van der Waals surface area contributed by atoms with Gasteiger partial charge in [0.15, 0.2) is 9.84 Å². The van der Waals surface area contributed by atoms with E-state index < -0.39 is 9.84 Å². The van der Waals surface area contributed by atoms with Gasteiger partial charge in [-0.3, -0.25) is 4.79 Å². The average molecular weight is 312 g/mol. The molecule has 1 unspecified atom stereocenters. The van der Waals surface area contributed by atoms with Crippen molar-refractivity contribution in [3.63, 3.8) is 0 Å². The van der Waals surface area contributed by atoms with Crippen molar-refractivity contribution in [3.05, 3.63) is 24.3 Å². The van der Waals surface area contributed by atoms with Crippen molar-refractivity contribution in [2.24, 2.45) is 0 Å². The van der Waals surface area contributed by atoms with Crippen LogP contribution in [-0.2, 0) is 14.6 Å². The van der Waals surface area contributed by atoms with E-state index in [4.69, 9.17) is 4.74 Å². The van der Waals surface area contributed by atoms with Gasteiger partial charge in [0.05, 0.1) is 25.2 Å². The van der Waals surface area contributed by atoms with E-state index in [-0.39, 0.29) is 30.0 Å². The fourth-order valence-electron chi connectivity index (χ4n) is 2.30. The van der Waals surface area contributed by atoms with E-state index in [0.29, 0.717) is 12.1 Å². The second-order valence-electron chi connectivity index (χ2n) is 5.11. The number of hydrogen-bond donors (Lipinski definition) is 2. The number of amides is 1. The molecule has 7 heteroatoms. The number of sulfone groups is 1. The van der Waals surface area contributed by atoms with Crippen molar-refractivity contribution in [2.75, 3.05) is 30.5 Å². The Kier molecular flexibility index (Phi) is 5.19. The van der Waals surface area contributed by atoms with E-state index in [1.165, 1.54) is 0 Å². The number of hydrogen-bond acceptors (Lipinski definition) is 5. The summed E-state index contributed by atoms with van der Waals surface area (Å²) < 4.78 is 28.0. The summed E-state index contributed by atoms with van der Waals surface area (Å²) >= 11 is 0. The number of carbonyl (C=O) groups excluding carboxylic acids is 1. The Balaban J connectivity index is 1.79. The molecule has 0 radical (unpaired) electrons. The van der Waals surface area contributed by atoms with Gasteiger partial charge >= 0.3 is 0 Å². The van der Waals surface area contributed by atoms with Crippen LogP contribution < -0.4 is 15.4 Å². The number of anilines is 1. The molecular weight excluding hydrogens is 292 g/mol. The first-order chi connectivity index (χ1) is 9.98. The van der Waals surface area contributed by atoms with Crippen molar-refractivity contribution >= 4 is 21.4 Å². The maximum absolute atomic E-state index is 11.8. The molecule has 1 heterocycles. The number of benzene rings is 1. The Hall–Kier alpha value is -1.60. The zero-order valence-corrected chi connectivity index (χ0v) is 12.8. The first-order valence-electron chi connectivity index (χ1n) is 6.86. The number of rotatable bonds is 5. The quantitative estimate of drug-likeness (QED) is 0.840. The van der Waals surface area contributed by atoms with Crippen LogP contribution in [0.25, 0.3) is 0 Å². The molecule has 0 aliphatic carbocycles. The fraction of sp³-hybridized carbons (Fsp3) is 0.500. The minimum Gasteiger partial charge on any atom is -0.497 e. The zero-order chi connectivity index (χ0) is 15.3. The Morgan fingerprint density at radius 2 is 2.05 bits per heavy atom. The normalized spacial score (nSPS) is 20.7. The van der Waals surface area contributed by atoms with Crippen LogP contribution in [0.5, 0.6) is 5.75 Å². The summed E-state index contributed by atoms with van der Waals surface area (Å²) in [6, 6.07) is 6.89. The number of methoxy groups -OCH3 is 1. The SMILES string of the molecule is COc1ccc(NC(=O)CNC2CCCS(=O)(=O)C2)cc1. The second-order valence-corrected chi connectivity index (χ2v) is 7.34. The first kappa shape index (κ1) is 15.8. The molecule has 1 fully saturated rings. The Morgan fingerprint density at radius 1 is 1.33 bits per heavy atom. The van der Waals surface area contributed by atoms with Crippen LogP contribution in [0.3, 0.4) is 0 Å². The van der Waals surface area contributed by atoms with Gasteiger partial charge < -0.3 is 15.4 Å². The molecule has 1 saturated heterocycles. The molecule has 0 saturated carbocycles. The van der Waals surface area contributed by atoms with Gasteiger partial charge in [-0.25, -0.2) is 8.42 Å². The van der Waals surface area contributed by atoms with Crippen molar-refractivity contribution in [3.8, 4) is 5.75 Å². The van der Waals surface area contributed by atoms with Gasteiger partial charge in [-0.15, -0.1) is 0 Å². The smallest absolute Gasteiger partial charge is 0.238 e. The van der Waals surface area contributed by atoms with E-state index in [1.807, 2.05) is 0 Å². The van der Waals surface area contributed by atoms with Gasteiger partial charge in [0.25, 0.3) is 0 Å². The van der Waals surface area contributed by atoms with Crippen molar-refractivity contribution in [1.29, 1.82) is 0 Å². The Bertz CT molecular complexity index is 583. The largest absolute Gasteiger partial charge is 0.497 e. The van der Waals surface area contributed by atoms with Crippen LogP contribution in [0.2, 0.25) is 0 Å². The summed E-state index contributed by atoms with van der Waals surface area (Å²) in [6.45, 7) is 0.103. The minimum atomic E-state index is -2.95. The number of ether oxygens (including phenoxy) is 1. The van der Waals surface area contributed by atoms with Crippen LogP contribution in [0.15, 0.2) is 24.3 Å². The predicted octanol–water partition coefficient (Wildman–Crippen LogP) is 0.800. The third-order valence-electron chi connectivity index (χ3n) is 3.39. The molecule has 1 atom stereocenters. The van der Waals surface area contributed by atoms with Crippen LogP contribution >= 0.6 is 0 Å². The van der Waals surface area contributed by atoms with E-state index in [2.05, 4.69) is 10.6 Å². The average Bonchev–Trinajstić information content (AvgIpc) is 2.45. The number of carbonyl (C=O) groups is 1. The second kappa shape index (κ2) is 6.91. The van der Waals surface area contributed by atoms with E-state index in [0.717, 1.165) is 12.2 Å². The lowest BCUT2D eigenvalue weighted by Crippen LogP contribution is -2.43. The van der Waals surface area contributed by atoms with Gasteiger partial charge in [0, 0.05) is 11.7 Å². The molecular formula is C14H20N2O4S. The summed E-state index contributed by atoms with van der Waals surface area (Å²) in [6.07, 6.45) is 1.44. The summed E-state index contributed by atoms with van der Waals surface area (Å²) in [5, 5.41) is 5.75. The molecule has 1 amide bonds. The van der Waals surface area contributed by atoms with Gasteiger partial charge in [-0.05, 0) is 37.1 Å². The van der Waals surface area contributed by atoms with E-state index in [9.17, 15) is 13.2 Å². The molecule has 0 spiro atoms. The molecule has 0 bridgehead atoms. The van der Waals surface area contributed by atoms with Crippen LogP contribution in [0.4, 0.5) is 5.69 Å². The number of nitrogens with one attached hydrogen (secondary N) is 2. The van der Waals surface area contributed by atoms with Crippen LogP contribution in [0, 0.1) is 0 Å². The summed E-state index contributed by atoms with van der Waals surface area (Å²) in [5.41, 5.74) is 0.680. The van der Waals surface area contributed by atoms with Gasteiger partial charge in [-0.1, -0.05) is 0 Å². The van der Waals surface area contributed by atoms with Crippen molar-refractivity contribution in [2.45, 2.75) is 18.9 Å². The van der Waals surface area contributed by atoms with Crippen LogP contribution in [0.1, 0.15) is 12.8 Å². The lowest BCUT2D eigenvalue weighted by Gasteiger charge is -2.22. The van der Waals surface area contributed by atoms with Crippen molar-refractivity contribution < 1.29 is 17.9 Å². The lowest BCUT2D eigenvalue weighted by molar-refractivity contribution is -0.115. The first-order valence-corrected chi connectivity index (χ1v) is 8.68. The van der Waals surface area contributed by atoms with Gasteiger partial charge in [-0.2, -0.15) is 0 Å². The maximum Gasteiger partial charge on any atom is 0.238 e. The molecule has 1 aliphatic heterocycles.